The minimum absolute atomic E-state index is 0.169. The van der Waals surface area contributed by atoms with Gasteiger partial charge in [-0.15, -0.1) is 0 Å². The van der Waals surface area contributed by atoms with Crippen LogP contribution in [0.15, 0.2) is 77.9 Å². The van der Waals surface area contributed by atoms with Crippen molar-refractivity contribution in [2.45, 2.75) is 47.1 Å². The number of likely N-dealkylation sites (N-methyl/N-ethyl adjacent to an activating group) is 1. The third-order valence-electron chi connectivity index (χ3n) is 9.24. The van der Waals surface area contributed by atoms with Gasteiger partial charge in [-0.1, -0.05) is 44.2 Å². The minimum atomic E-state index is -1.06. The molecule has 0 aromatic heterocycles. The van der Waals surface area contributed by atoms with Crippen molar-refractivity contribution in [1.29, 1.82) is 0 Å². The molecule has 0 unspecified atom stereocenters. The molecule has 2 aliphatic heterocycles. The number of carbonyl (C=O) groups excluding carboxylic acids is 1. The molecule has 2 aliphatic rings. The zero-order valence-corrected chi connectivity index (χ0v) is 28.3. The van der Waals surface area contributed by atoms with Gasteiger partial charge in [0, 0.05) is 71.0 Å². The largest absolute Gasteiger partial charge is 0.492 e. The van der Waals surface area contributed by atoms with Crippen molar-refractivity contribution in [3.05, 3.63) is 112 Å². The first kappa shape index (κ1) is 32.1. The van der Waals surface area contributed by atoms with E-state index in [9.17, 15) is 4.79 Å². The van der Waals surface area contributed by atoms with Crippen molar-refractivity contribution in [3.63, 3.8) is 0 Å². The van der Waals surface area contributed by atoms with E-state index >= 15 is 0 Å². The lowest BCUT2D eigenvalue weighted by Crippen LogP contribution is -2.44. The molecule has 244 valence electrons. The first-order valence-corrected chi connectivity index (χ1v) is 16.7. The molecular weight excluding hydrogens is 586 g/mol. The number of nitrogens with one attached hydrogen (secondary N) is 2. The van der Waals surface area contributed by atoms with E-state index in [0.29, 0.717) is 23.7 Å². The topological polar surface area (TPSA) is 78.4 Å². The van der Waals surface area contributed by atoms with Crippen molar-refractivity contribution in [1.82, 2.24) is 9.91 Å². The molecule has 0 saturated heterocycles. The summed E-state index contributed by atoms with van der Waals surface area (Å²) in [7, 11) is 0. The van der Waals surface area contributed by atoms with E-state index < -0.39 is 5.54 Å². The molecule has 4 aromatic carbocycles. The second-order valence-corrected chi connectivity index (χ2v) is 12.0. The van der Waals surface area contributed by atoms with E-state index in [4.69, 9.17) is 14.6 Å². The Morgan fingerprint density at radius 1 is 0.830 bits per heavy atom. The zero-order valence-electron chi connectivity index (χ0n) is 28.3. The summed E-state index contributed by atoms with van der Waals surface area (Å²) in [6.07, 6.45) is 1.76. The van der Waals surface area contributed by atoms with Gasteiger partial charge in [-0.3, -0.25) is 4.79 Å². The van der Waals surface area contributed by atoms with Gasteiger partial charge in [-0.25, -0.2) is 5.01 Å². The van der Waals surface area contributed by atoms with Crippen LogP contribution in [0.4, 0.5) is 11.4 Å². The Kier molecular flexibility index (Phi) is 9.23. The molecule has 2 N–H and O–H groups in total. The smallest absolute Gasteiger partial charge is 0.275 e. The Labute approximate surface area is 278 Å². The quantitative estimate of drug-likeness (QED) is 0.156. The summed E-state index contributed by atoms with van der Waals surface area (Å²) >= 11 is 0. The highest BCUT2D eigenvalue weighted by Gasteiger charge is 2.57. The van der Waals surface area contributed by atoms with E-state index in [2.05, 4.69) is 81.3 Å². The van der Waals surface area contributed by atoms with Gasteiger partial charge in [0.05, 0.1) is 6.21 Å². The molecule has 1 amide bonds. The Morgan fingerprint density at radius 3 is 2.04 bits per heavy atom. The number of ether oxygens (including phenoxy) is 2. The number of nitrogens with zero attached hydrogens (tertiary/aromatic N) is 3. The van der Waals surface area contributed by atoms with Crippen molar-refractivity contribution in [2.75, 3.05) is 50.0 Å². The normalized spacial score (nSPS) is 14.3. The molecule has 0 atom stereocenters. The molecule has 8 heteroatoms. The Bertz CT molecular complexity index is 1750. The van der Waals surface area contributed by atoms with Crippen LogP contribution in [-0.2, 0) is 5.54 Å². The molecule has 0 saturated carbocycles. The van der Waals surface area contributed by atoms with Gasteiger partial charge in [0.15, 0.2) is 0 Å². The van der Waals surface area contributed by atoms with E-state index in [-0.39, 0.29) is 5.91 Å². The predicted octanol–water partition coefficient (Wildman–Crippen LogP) is 7.78. The number of rotatable bonds is 12. The van der Waals surface area contributed by atoms with Crippen LogP contribution in [0.2, 0.25) is 0 Å². The Morgan fingerprint density at radius 2 is 1.43 bits per heavy atom. The molecule has 0 aliphatic carbocycles. The zero-order chi connectivity index (χ0) is 33.1. The number of hydrogen-bond acceptors (Lipinski definition) is 7. The van der Waals surface area contributed by atoms with Gasteiger partial charge < -0.3 is 25.0 Å². The number of fused-ring (bicyclic) bond motifs is 6. The molecule has 2 heterocycles. The fourth-order valence-electron chi connectivity index (χ4n) is 6.82. The van der Waals surface area contributed by atoms with Crippen LogP contribution in [0.1, 0.15) is 71.4 Å². The monoisotopic (exact) mass is 631 g/mol. The summed E-state index contributed by atoms with van der Waals surface area (Å²) in [4.78, 5) is 16.9. The first-order chi connectivity index (χ1) is 22.9. The number of hydrazone groups is 1. The number of para-hydroxylation sites is 1. The fraction of sp³-hybridized carbons (Fsp3) is 0.333. The van der Waals surface area contributed by atoms with E-state index in [0.717, 1.165) is 83.2 Å². The molecule has 0 bridgehead atoms. The molecule has 8 nitrogen and oxygen atoms in total. The minimum Gasteiger partial charge on any atom is -0.492 e. The highest BCUT2D eigenvalue weighted by atomic mass is 16.5. The third kappa shape index (κ3) is 5.61. The van der Waals surface area contributed by atoms with Crippen LogP contribution in [0, 0.1) is 13.8 Å². The summed E-state index contributed by atoms with van der Waals surface area (Å²) in [5, 5.41) is 13.7. The lowest BCUT2D eigenvalue weighted by molar-refractivity contribution is 0.0675. The number of amides is 1. The molecule has 47 heavy (non-hydrogen) atoms. The maximum atomic E-state index is 14.5. The number of aryl methyl sites for hydroxylation is 2. The summed E-state index contributed by atoms with van der Waals surface area (Å²) in [5.41, 5.74) is 7.10. The fourth-order valence-corrected chi connectivity index (χ4v) is 6.82. The predicted molar refractivity (Wildman–Crippen MR) is 191 cm³/mol. The lowest BCUT2D eigenvalue weighted by atomic mass is 9.74. The average molecular weight is 632 g/mol. The van der Waals surface area contributed by atoms with Crippen LogP contribution in [0.5, 0.6) is 17.2 Å². The molecule has 0 radical (unpaired) electrons. The summed E-state index contributed by atoms with van der Waals surface area (Å²) < 4.78 is 13.0. The van der Waals surface area contributed by atoms with Crippen LogP contribution in [0.3, 0.4) is 0 Å². The summed E-state index contributed by atoms with van der Waals surface area (Å²) in [5.74, 6) is 1.94. The van der Waals surface area contributed by atoms with Crippen LogP contribution in [-0.4, -0.2) is 61.4 Å². The van der Waals surface area contributed by atoms with Gasteiger partial charge in [0.25, 0.3) is 5.91 Å². The van der Waals surface area contributed by atoms with Crippen molar-refractivity contribution in [2.24, 2.45) is 5.10 Å². The molecule has 0 fully saturated rings. The highest BCUT2D eigenvalue weighted by molar-refractivity contribution is 6.03. The van der Waals surface area contributed by atoms with E-state index in [1.807, 2.05) is 48.5 Å². The lowest BCUT2D eigenvalue weighted by Gasteiger charge is -2.42. The van der Waals surface area contributed by atoms with Crippen LogP contribution >= 0.6 is 0 Å². The first-order valence-electron chi connectivity index (χ1n) is 16.7. The molecular formula is C39H45N5O3. The van der Waals surface area contributed by atoms with Crippen molar-refractivity contribution >= 4 is 23.5 Å². The number of hydrogen-bond donors (Lipinski definition) is 2. The number of benzene rings is 4. The average Bonchev–Trinajstić information content (AvgIpc) is 3.32. The maximum absolute atomic E-state index is 14.5. The van der Waals surface area contributed by atoms with Gasteiger partial charge in [-0.2, -0.15) is 5.10 Å². The van der Waals surface area contributed by atoms with Crippen molar-refractivity contribution < 1.29 is 14.3 Å². The van der Waals surface area contributed by atoms with Gasteiger partial charge in [-0.05, 0) is 82.2 Å². The molecule has 6 rings (SSSR count). The molecule has 4 aromatic rings. The number of carbonyl (C=O) groups is 1. The van der Waals surface area contributed by atoms with E-state index in [1.165, 1.54) is 0 Å². The van der Waals surface area contributed by atoms with Gasteiger partial charge in [0.2, 0.25) is 0 Å². The van der Waals surface area contributed by atoms with Gasteiger partial charge in [0.1, 0.15) is 29.4 Å². The number of anilines is 2. The maximum Gasteiger partial charge on any atom is 0.275 e. The summed E-state index contributed by atoms with van der Waals surface area (Å²) in [6, 6.07) is 24.1. The van der Waals surface area contributed by atoms with Crippen LogP contribution < -0.4 is 20.1 Å². The SMILES string of the molecule is CCNc1cc2c(cc1C)C1(c3cc(C)c(NCC)cc3O2)c2ccccc2C(=O)N1/N=C/c1ccccc1OCCN(CC)CC. The van der Waals surface area contributed by atoms with Gasteiger partial charge >= 0.3 is 0 Å². The third-order valence-corrected chi connectivity index (χ3v) is 9.24. The van der Waals surface area contributed by atoms with E-state index in [1.54, 1.807) is 11.2 Å². The summed E-state index contributed by atoms with van der Waals surface area (Å²) in [6.45, 7) is 17.5. The Balaban J connectivity index is 1.54. The van der Waals surface area contributed by atoms with Crippen molar-refractivity contribution in [3.8, 4) is 17.2 Å². The molecule has 1 spiro atoms. The second kappa shape index (κ2) is 13.5. The second-order valence-electron chi connectivity index (χ2n) is 12.0. The van der Waals surface area contributed by atoms with Crippen LogP contribution in [0.25, 0.3) is 0 Å². The Hall–Kier alpha value is -4.82. The highest BCUT2D eigenvalue weighted by Crippen LogP contribution is 2.59. The standard InChI is InChI=1S/C39H45N5O3/c1-7-40-33-23-36-31(21-26(33)5)39(32-22-27(6)34(41-8-2)24-37(32)47-36)30-17-13-12-16-29(30)38(45)44(39)42-25-28-15-11-14-18-35(28)46-20-19-43(9-3)10-4/h11-18,21-25,40-41H,7-10,19-20H2,1-6H3/b42-25+.